The lowest BCUT2D eigenvalue weighted by molar-refractivity contribution is 0.0950. The van der Waals surface area contributed by atoms with E-state index in [4.69, 9.17) is 4.74 Å². The molecule has 1 aromatic carbocycles. The summed E-state index contributed by atoms with van der Waals surface area (Å²) in [5.41, 5.74) is 2.02. The summed E-state index contributed by atoms with van der Waals surface area (Å²) in [7, 11) is 0. The molecule has 5 nitrogen and oxygen atoms in total. The summed E-state index contributed by atoms with van der Waals surface area (Å²) in [5.74, 6) is 0.641. The van der Waals surface area contributed by atoms with Gasteiger partial charge in [-0.3, -0.25) is 14.7 Å². The zero-order chi connectivity index (χ0) is 17.2. The number of amides is 1. The van der Waals surface area contributed by atoms with Crippen LogP contribution in [0, 0.1) is 0 Å². The summed E-state index contributed by atoms with van der Waals surface area (Å²) < 4.78 is 5.95. The number of pyridine rings is 1. The molecule has 6 heteroatoms. The van der Waals surface area contributed by atoms with Gasteiger partial charge in [-0.2, -0.15) is 0 Å². The van der Waals surface area contributed by atoms with Gasteiger partial charge in [-0.1, -0.05) is 25.1 Å². The van der Waals surface area contributed by atoms with Gasteiger partial charge in [0.1, 0.15) is 22.6 Å². The van der Waals surface area contributed by atoms with Gasteiger partial charge in [0.2, 0.25) is 0 Å². The zero-order valence-electron chi connectivity index (χ0n) is 13.8. The molecular weight excluding hydrogens is 334 g/mol. The van der Waals surface area contributed by atoms with Crippen molar-refractivity contribution in [3.8, 4) is 16.5 Å². The largest absolute Gasteiger partial charge is 0.486 e. The molecule has 0 saturated heterocycles. The molecule has 2 aromatic heterocycles. The van der Waals surface area contributed by atoms with Crippen LogP contribution in [0.3, 0.4) is 0 Å². The Balaban J connectivity index is 1.66. The Morgan fingerprint density at radius 1 is 1.28 bits per heavy atom. The maximum atomic E-state index is 13.1. The van der Waals surface area contributed by atoms with E-state index in [-0.39, 0.29) is 12.0 Å². The average molecular weight is 351 g/mol. The van der Waals surface area contributed by atoms with Gasteiger partial charge in [-0.15, -0.1) is 11.3 Å². The second kappa shape index (κ2) is 6.64. The number of carbonyl (C=O) groups excluding carboxylic acids is 1. The van der Waals surface area contributed by atoms with Gasteiger partial charge >= 0.3 is 0 Å². The smallest absolute Gasteiger partial charge is 0.278 e. The van der Waals surface area contributed by atoms with Gasteiger partial charge in [0.15, 0.2) is 0 Å². The molecule has 0 N–H and O–H groups in total. The predicted octanol–water partition coefficient (Wildman–Crippen LogP) is 4.02. The third-order valence-electron chi connectivity index (χ3n) is 4.14. The average Bonchev–Trinajstić information content (AvgIpc) is 3.17. The van der Waals surface area contributed by atoms with E-state index in [0.29, 0.717) is 12.2 Å². The highest BCUT2D eigenvalue weighted by Gasteiger charge is 2.30. The lowest BCUT2D eigenvalue weighted by atomic mass is 10.1. The number of benzene rings is 1. The van der Waals surface area contributed by atoms with Gasteiger partial charge in [-0.25, -0.2) is 4.98 Å². The molecule has 0 fully saturated rings. The third kappa shape index (κ3) is 3.00. The van der Waals surface area contributed by atoms with E-state index >= 15 is 0 Å². The van der Waals surface area contributed by atoms with Gasteiger partial charge in [0.25, 0.3) is 5.91 Å². The molecule has 3 aromatic rings. The molecule has 0 radical (unpaired) electrons. The Hall–Kier alpha value is -2.73. The Morgan fingerprint density at radius 3 is 2.92 bits per heavy atom. The number of carbonyl (C=O) groups is 1. The van der Waals surface area contributed by atoms with Gasteiger partial charge in [0.05, 0.1) is 17.9 Å². The molecule has 0 saturated carbocycles. The first kappa shape index (κ1) is 15.8. The van der Waals surface area contributed by atoms with E-state index in [1.165, 1.54) is 11.3 Å². The lowest BCUT2D eigenvalue weighted by Crippen LogP contribution is -2.43. The number of hydrogen-bond donors (Lipinski definition) is 0. The van der Waals surface area contributed by atoms with Crippen molar-refractivity contribution in [2.24, 2.45) is 0 Å². The molecule has 3 heterocycles. The standard InChI is InChI=1S/C19H17N3O2S/c1-2-13-11-22(16-8-3-4-9-17(16)24-13)19(23)15-12-25-18(21-15)14-7-5-6-10-20-14/h3-10,12-13H,2,11H2,1H3. The van der Waals surface area contributed by atoms with Crippen molar-refractivity contribution in [1.82, 2.24) is 9.97 Å². The fraction of sp³-hybridized carbons (Fsp3) is 0.211. The van der Waals surface area contributed by atoms with E-state index in [9.17, 15) is 4.79 Å². The molecule has 1 atom stereocenters. The van der Waals surface area contributed by atoms with Crippen LogP contribution in [0.4, 0.5) is 5.69 Å². The van der Waals surface area contributed by atoms with Crippen LogP contribution >= 0.6 is 11.3 Å². The number of rotatable bonds is 3. The normalized spacial score (nSPS) is 16.2. The number of thiazole rings is 1. The molecule has 25 heavy (non-hydrogen) atoms. The van der Waals surface area contributed by atoms with E-state index in [0.717, 1.165) is 28.6 Å². The molecule has 0 aliphatic carbocycles. The van der Waals surface area contributed by atoms with Crippen molar-refractivity contribution in [1.29, 1.82) is 0 Å². The Kier molecular flexibility index (Phi) is 4.19. The predicted molar refractivity (Wildman–Crippen MR) is 98.2 cm³/mol. The molecule has 4 rings (SSSR count). The van der Waals surface area contributed by atoms with Crippen molar-refractivity contribution in [3.05, 3.63) is 59.7 Å². The molecular formula is C19H17N3O2S. The highest BCUT2D eigenvalue weighted by Crippen LogP contribution is 2.35. The van der Waals surface area contributed by atoms with E-state index in [1.807, 2.05) is 42.5 Å². The number of anilines is 1. The van der Waals surface area contributed by atoms with Crippen molar-refractivity contribution >= 4 is 22.9 Å². The number of para-hydroxylation sites is 2. The topological polar surface area (TPSA) is 55.3 Å². The van der Waals surface area contributed by atoms with Crippen LogP contribution in [0.1, 0.15) is 23.8 Å². The van der Waals surface area contributed by atoms with Crippen molar-refractivity contribution < 1.29 is 9.53 Å². The van der Waals surface area contributed by atoms with Crippen LogP contribution < -0.4 is 9.64 Å². The van der Waals surface area contributed by atoms with Crippen LogP contribution in [-0.2, 0) is 0 Å². The molecule has 1 aliphatic heterocycles. The summed E-state index contributed by atoms with van der Waals surface area (Å²) in [4.78, 5) is 23.6. The van der Waals surface area contributed by atoms with Gasteiger partial charge in [-0.05, 0) is 30.7 Å². The molecule has 1 unspecified atom stereocenters. The summed E-state index contributed by atoms with van der Waals surface area (Å²) in [6, 6.07) is 13.3. The quantitative estimate of drug-likeness (QED) is 0.715. The van der Waals surface area contributed by atoms with E-state index < -0.39 is 0 Å². The van der Waals surface area contributed by atoms with Crippen molar-refractivity contribution in [2.45, 2.75) is 19.4 Å². The minimum absolute atomic E-state index is 0.00672. The van der Waals surface area contributed by atoms with E-state index in [2.05, 4.69) is 16.9 Å². The Morgan fingerprint density at radius 2 is 2.12 bits per heavy atom. The molecule has 0 spiro atoms. The van der Waals surface area contributed by atoms with Crippen LogP contribution in [0.2, 0.25) is 0 Å². The SMILES string of the molecule is CCC1CN(C(=O)c2csc(-c3ccccn3)n2)c2ccccc2O1. The first-order valence-corrected chi connectivity index (χ1v) is 9.08. The van der Waals surface area contributed by atoms with E-state index in [1.54, 1.807) is 16.5 Å². The van der Waals surface area contributed by atoms with Crippen LogP contribution in [0.5, 0.6) is 5.75 Å². The number of nitrogens with zero attached hydrogens (tertiary/aromatic N) is 3. The number of hydrogen-bond acceptors (Lipinski definition) is 5. The third-order valence-corrected chi connectivity index (χ3v) is 5.01. The fourth-order valence-electron chi connectivity index (χ4n) is 2.82. The van der Waals surface area contributed by atoms with Crippen LogP contribution in [0.15, 0.2) is 54.0 Å². The summed E-state index contributed by atoms with van der Waals surface area (Å²) >= 11 is 1.43. The van der Waals surface area contributed by atoms with Gasteiger partial charge in [0, 0.05) is 11.6 Å². The Labute approximate surface area is 149 Å². The minimum atomic E-state index is -0.104. The van der Waals surface area contributed by atoms with Crippen molar-refractivity contribution in [2.75, 3.05) is 11.4 Å². The number of fused-ring (bicyclic) bond motifs is 1. The second-order valence-corrected chi connectivity index (χ2v) is 6.64. The number of ether oxygens (including phenoxy) is 1. The maximum absolute atomic E-state index is 13.1. The fourth-order valence-corrected chi connectivity index (χ4v) is 3.59. The highest BCUT2D eigenvalue weighted by atomic mass is 32.1. The van der Waals surface area contributed by atoms with Gasteiger partial charge < -0.3 is 4.74 Å². The van der Waals surface area contributed by atoms with Crippen LogP contribution in [-0.4, -0.2) is 28.5 Å². The summed E-state index contributed by atoms with van der Waals surface area (Å²) in [6.45, 7) is 2.59. The molecule has 1 aliphatic rings. The van der Waals surface area contributed by atoms with Crippen LogP contribution in [0.25, 0.3) is 10.7 Å². The molecule has 1 amide bonds. The first-order valence-electron chi connectivity index (χ1n) is 8.20. The highest BCUT2D eigenvalue weighted by molar-refractivity contribution is 7.13. The summed E-state index contributed by atoms with van der Waals surface area (Å²) in [5, 5.41) is 2.54. The maximum Gasteiger partial charge on any atom is 0.278 e. The molecule has 0 bridgehead atoms. The second-order valence-electron chi connectivity index (χ2n) is 5.78. The van der Waals surface area contributed by atoms with Crippen molar-refractivity contribution in [3.63, 3.8) is 0 Å². The summed E-state index contributed by atoms with van der Waals surface area (Å²) in [6.07, 6.45) is 2.56. The zero-order valence-corrected chi connectivity index (χ0v) is 14.6. The minimum Gasteiger partial charge on any atom is -0.486 e. The first-order chi connectivity index (χ1) is 12.3. The monoisotopic (exact) mass is 351 g/mol. The molecule has 126 valence electrons. The lowest BCUT2D eigenvalue weighted by Gasteiger charge is -2.34. The Bertz CT molecular complexity index is 894. The number of aromatic nitrogens is 2.